The van der Waals surface area contributed by atoms with Gasteiger partial charge in [-0.05, 0) is 89.9 Å². The van der Waals surface area contributed by atoms with E-state index in [2.05, 4.69) is 98.9 Å². The van der Waals surface area contributed by atoms with Crippen LogP contribution in [0.15, 0.2) is 85.1 Å². The molecule has 6 N–H and O–H groups in total. The van der Waals surface area contributed by atoms with Gasteiger partial charge in [0.2, 0.25) is 0 Å². The summed E-state index contributed by atoms with van der Waals surface area (Å²) >= 11 is 0. The zero-order valence-electron chi connectivity index (χ0n) is 40.7. The van der Waals surface area contributed by atoms with E-state index in [1.165, 1.54) is 57.8 Å². The molecule has 12 nitrogen and oxygen atoms in total. The molecule has 13 heteroatoms. The number of rotatable bonds is 42. The third-order valence-electron chi connectivity index (χ3n) is 11.3. The predicted molar refractivity (Wildman–Crippen MR) is 267 cm³/mol. The summed E-state index contributed by atoms with van der Waals surface area (Å²) in [4.78, 5) is 23.2. The number of carbonyl (C=O) groups excluding carboxylic acids is 1. The normalized spacial score (nSPS) is 22.1. The van der Waals surface area contributed by atoms with Gasteiger partial charge < -0.3 is 39.9 Å². The Morgan fingerprint density at radius 3 is 1.36 bits per heavy atom. The highest BCUT2D eigenvalue weighted by Gasteiger charge is 2.51. The summed E-state index contributed by atoms with van der Waals surface area (Å²) in [5.41, 5.74) is 0. The molecule has 0 spiro atoms. The molecule has 0 amide bonds. The molecule has 0 heterocycles. The maximum Gasteiger partial charge on any atom is 0.472 e. The monoisotopic (exact) mass is 951 g/mol. The number of phosphoric acid groups is 1. The van der Waals surface area contributed by atoms with Gasteiger partial charge in [0.05, 0.1) is 13.2 Å². The van der Waals surface area contributed by atoms with Crippen LogP contribution in [0.1, 0.15) is 181 Å². The lowest BCUT2D eigenvalue weighted by atomic mass is 9.85. The van der Waals surface area contributed by atoms with Crippen LogP contribution in [0.4, 0.5) is 0 Å². The van der Waals surface area contributed by atoms with Crippen LogP contribution < -0.4 is 0 Å². The molecule has 0 aromatic heterocycles. The predicted octanol–water partition coefficient (Wildman–Crippen LogP) is 11.3. The molecular weight excluding hydrogens is 860 g/mol. The minimum absolute atomic E-state index is 0.106. The standard InChI is InChI=1S/C53H91O12P/c1-3-5-7-9-11-13-15-17-19-21-22-23-24-25-26-27-28-30-32-34-36-38-40-42-47(54)64-46(45-63-66(60,61)65-53-51(58)49(56)48(55)50(57)52(53)59)44-62-43-41-39-37-35-33-31-29-20-18-16-14-12-10-8-6-4-2/h6,8,12,14-15,17-18,20-22,24-25,31,33,46,48-53,55-59H,3-5,7,9-11,13,16,19,23,26-30,32,34-45H2,1-2H3,(H,60,61)/b8-6-,14-12-,17-15-,20-18-,22-21-,25-24-,33-31-. The molecule has 0 bridgehead atoms. The number of ether oxygens (including phenoxy) is 2. The van der Waals surface area contributed by atoms with Crippen LogP contribution in [-0.2, 0) is 27.9 Å². The SMILES string of the molecule is CC/C=C\C/C=C\C/C=C\C/C=C\CCCCCOCC(COP(=O)(O)OC1C(O)C(O)C(O)C(O)C1O)OC(=O)CCCCCCCCCC/C=C\C/C=C\C/C=C\CCCCCCC. The van der Waals surface area contributed by atoms with Crippen molar-refractivity contribution in [2.75, 3.05) is 19.8 Å². The van der Waals surface area contributed by atoms with E-state index in [1.54, 1.807) is 0 Å². The first-order chi connectivity index (χ1) is 32.0. The Balaban J connectivity index is 2.37. The van der Waals surface area contributed by atoms with Crippen molar-refractivity contribution in [2.24, 2.45) is 0 Å². The third kappa shape index (κ3) is 33.9. The summed E-state index contributed by atoms with van der Waals surface area (Å²) < 4.78 is 34.2. The maximum absolute atomic E-state index is 12.8. The van der Waals surface area contributed by atoms with E-state index in [1.807, 2.05) is 0 Å². The number of hydrogen-bond donors (Lipinski definition) is 6. The van der Waals surface area contributed by atoms with Crippen molar-refractivity contribution in [3.8, 4) is 0 Å². The molecule has 6 unspecified atom stereocenters. The Bertz CT molecular complexity index is 1410. The number of phosphoric ester groups is 1. The van der Waals surface area contributed by atoms with E-state index >= 15 is 0 Å². The number of carbonyl (C=O) groups is 1. The minimum Gasteiger partial charge on any atom is -0.457 e. The molecule has 380 valence electrons. The van der Waals surface area contributed by atoms with E-state index in [0.717, 1.165) is 96.3 Å². The Kier molecular flexibility index (Phi) is 39.7. The quantitative estimate of drug-likeness (QED) is 0.0147. The highest BCUT2D eigenvalue weighted by Crippen LogP contribution is 2.47. The van der Waals surface area contributed by atoms with Crippen LogP contribution in [0.3, 0.4) is 0 Å². The number of allylic oxidation sites excluding steroid dienone is 14. The van der Waals surface area contributed by atoms with E-state index in [4.69, 9.17) is 18.5 Å². The molecule has 0 aliphatic heterocycles. The Morgan fingerprint density at radius 1 is 0.500 bits per heavy atom. The Morgan fingerprint density at radius 2 is 0.894 bits per heavy atom. The van der Waals surface area contributed by atoms with Crippen molar-refractivity contribution in [2.45, 2.75) is 224 Å². The van der Waals surface area contributed by atoms with Crippen LogP contribution in [0.5, 0.6) is 0 Å². The Hall–Kier alpha value is -2.48. The van der Waals surface area contributed by atoms with Gasteiger partial charge in [0.1, 0.15) is 42.7 Å². The smallest absolute Gasteiger partial charge is 0.457 e. The number of hydrogen-bond acceptors (Lipinski definition) is 11. The number of aliphatic hydroxyl groups excluding tert-OH is 5. The van der Waals surface area contributed by atoms with Gasteiger partial charge in [-0.15, -0.1) is 0 Å². The topological polar surface area (TPSA) is 192 Å². The van der Waals surface area contributed by atoms with Crippen molar-refractivity contribution < 1.29 is 58.3 Å². The van der Waals surface area contributed by atoms with Gasteiger partial charge in [-0.2, -0.15) is 0 Å². The molecule has 1 rings (SSSR count). The van der Waals surface area contributed by atoms with Crippen molar-refractivity contribution in [3.05, 3.63) is 85.1 Å². The van der Waals surface area contributed by atoms with Gasteiger partial charge in [0.25, 0.3) is 0 Å². The van der Waals surface area contributed by atoms with Crippen LogP contribution in [0.2, 0.25) is 0 Å². The molecule has 0 radical (unpaired) electrons. The zero-order valence-corrected chi connectivity index (χ0v) is 41.6. The number of unbranched alkanes of at least 4 members (excludes halogenated alkanes) is 16. The lowest BCUT2D eigenvalue weighted by molar-refractivity contribution is -0.220. The largest absolute Gasteiger partial charge is 0.472 e. The Labute approximate surface area is 399 Å². The van der Waals surface area contributed by atoms with Crippen LogP contribution in [-0.4, -0.2) is 98.9 Å². The maximum atomic E-state index is 12.8. The van der Waals surface area contributed by atoms with E-state index in [9.17, 15) is 39.8 Å². The fourth-order valence-corrected chi connectivity index (χ4v) is 8.21. The van der Waals surface area contributed by atoms with Crippen LogP contribution >= 0.6 is 7.82 Å². The molecule has 66 heavy (non-hydrogen) atoms. The second kappa shape index (κ2) is 42.6. The van der Waals surface area contributed by atoms with Crippen LogP contribution in [0, 0.1) is 0 Å². The molecular formula is C53H91O12P. The fourth-order valence-electron chi connectivity index (χ4n) is 7.24. The summed E-state index contributed by atoms with van der Waals surface area (Å²) in [5, 5.41) is 50.3. The molecule has 0 aromatic rings. The summed E-state index contributed by atoms with van der Waals surface area (Å²) in [5.74, 6) is -0.499. The summed E-state index contributed by atoms with van der Waals surface area (Å²) in [6, 6.07) is 0. The molecule has 1 aliphatic carbocycles. The van der Waals surface area contributed by atoms with Crippen molar-refractivity contribution >= 4 is 13.8 Å². The lowest BCUT2D eigenvalue weighted by Gasteiger charge is -2.41. The highest BCUT2D eigenvalue weighted by atomic mass is 31.2. The second-order valence-electron chi connectivity index (χ2n) is 17.3. The fraction of sp³-hybridized carbons (Fsp3) is 0.717. The van der Waals surface area contributed by atoms with Crippen molar-refractivity contribution in [3.63, 3.8) is 0 Å². The van der Waals surface area contributed by atoms with Crippen molar-refractivity contribution in [1.29, 1.82) is 0 Å². The highest BCUT2D eigenvalue weighted by molar-refractivity contribution is 7.47. The molecule has 1 fully saturated rings. The van der Waals surface area contributed by atoms with Gasteiger partial charge in [0, 0.05) is 13.0 Å². The average molecular weight is 951 g/mol. The average Bonchev–Trinajstić information content (AvgIpc) is 3.30. The first kappa shape index (κ1) is 61.5. The van der Waals surface area contributed by atoms with Crippen molar-refractivity contribution in [1.82, 2.24) is 0 Å². The van der Waals surface area contributed by atoms with Gasteiger partial charge in [-0.25, -0.2) is 4.57 Å². The first-order valence-electron chi connectivity index (χ1n) is 25.4. The second-order valence-corrected chi connectivity index (χ2v) is 18.7. The molecule has 0 saturated heterocycles. The summed E-state index contributed by atoms with van der Waals surface area (Å²) in [6.07, 6.45) is 45.1. The molecule has 1 saturated carbocycles. The summed E-state index contributed by atoms with van der Waals surface area (Å²) in [7, 11) is -5.04. The minimum atomic E-state index is -5.04. The molecule has 6 atom stereocenters. The number of aliphatic hydroxyl groups is 5. The third-order valence-corrected chi connectivity index (χ3v) is 12.2. The zero-order chi connectivity index (χ0) is 48.4. The molecule has 0 aromatic carbocycles. The van der Waals surface area contributed by atoms with Gasteiger partial charge in [-0.1, -0.05) is 170 Å². The number of esters is 1. The summed E-state index contributed by atoms with van der Waals surface area (Å²) in [6.45, 7) is 4.05. The van der Waals surface area contributed by atoms with Gasteiger partial charge in [-0.3, -0.25) is 13.8 Å². The van der Waals surface area contributed by atoms with E-state index in [0.29, 0.717) is 13.0 Å². The van der Waals surface area contributed by atoms with Crippen LogP contribution in [0.25, 0.3) is 0 Å². The van der Waals surface area contributed by atoms with E-state index < -0.39 is 63.1 Å². The lowest BCUT2D eigenvalue weighted by Crippen LogP contribution is -2.64. The van der Waals surface area contributed by atoms with E-state index in [-0.39, 0.29) is 13.0 Å². The van der Waals surface area contributed by atoms with Gasteiger partial charge in [0.15, 0.2) is 0 Å². The van der Waals surface area contributed by atoms with Gasteiger partial charge >= 0.3 is 13.8 Å². The first-order valence-corrected chi connectivity index (χ1v) is 26.9. The molecule has 1 aliphatic rings.